The van der Waals surface area contributed by atoms with Crippen LogP contribution in [0.15, 0.2) is 0 Å². The Labute approximate surface area is 92.8 Å². The standard InChI is InChI=1S/C12H24O3/c1-12(13,8-10-14-2)7-3-5-11-6-4-9-15-11/h11,13H,3-10H2,1-2H3. The summed E-state index contributed by atoms with van der Waals surface area (Å²) in [7, 11) is 1.67. The first-order valence-corrected chi connectivity index (χ1v) is 5.97. The minimum atomic E-state index is -0.575. The molecule has 0 amide bonds. The Bertz CT molecular complexity index is 162. The summed E-state index contributed by atoms with van der Waals surface area (Å²) in [5.41, 5.74) is -0.575. The summed E-state index contributed by atoms with van der Waals surface area (Å²) in [6, 6.07) is 0. The maximum absolute atomic E-state index is 10.00. The number of hydrogen-bond donors (Lipinski definition) is 1. The molecular weight excluding hydrogens is 192 g/mol. The molecule has 2 unspecified atom stereocenters. The van der Waals surface area contributed by atoms with Gasteiger partial charge in [-0.15, -0.1) is 0 Å². The van der Waals surface area contributed by atoms with E-state index in [4.69, 9.17) is 9.47 Å². The number of aliphatic hydroxyl groups is 1. The van der Waals surface area contributed by atoms with Crippen molar-refractivity contribution < 1.29 is 14.6 Å². The second-order valence-electron chi connectivity index (χ2n) is 4.77. The molecule has 0 saturated carbocycles. The first kappa shape index (κ1) is 12.9. The van der Waals surface area contributed by atoms with E-state index in [9.17, 15) is 5.11 Å². The first-order chi connectivity index (χ1) is 7.14. The molecule has 1 aliphatic heterocycles. The fraction of sp³-hybridized carbons (Fsp3) is 1.00. The summed E-state index contributed by atoms with van der Waals surface area (Å²) in [6.45, 7) is 3.44. The van der Waals surface area contributed by atoms with Gasteiger partial charge in [0.05, 0.1) is 11.7 Å². The molecule has 1 N–H and O–H groups in total. The van der Waals surface area contributed by atoms with Crippen molar-refractivity contribution in [2.24, 2.45) is 0 Å². The van der Waals surface area contributed by atoms with E-state index >= 15 is 0 Å². The van der Waals surface area contributed by atoms with E-state index in [1.54, 1.807) is 7.11 Å². The highest BCUT2D eigenvalue weighted by Crippen LogP contribution is 2.22. The predicted octanol–water partition coefficient (Wildman–Crippen LogP) is 2.12. The fourth-order valence-electron chi connectivity index (χ4n) is 2.03. The zero-order valence-corrected chi connectivity index (χ0v) is 10.00. The second-order valence-corrected chi connectivity index (χ2v) is 4.77. The lowest BCUT2D eigenvalue weighted by atomic mass is 9.94. The molecule has 0 aromatic carbocycles. The molecule has 3 nitrogen and oxygen atoms in total. The van der Waals surface area contributed by atoms with Crippen LogP contribution in [0.4, 0.5) is 0 Å². The number of ether oxygens (including phenoxy) is 2. The molecule has 1 saturated heterocycles. The van der Waals surface area contributed by atoms with Crippen molar-refractivity contribution >= 4 is 0 Å². The Kier molecular flexibility index (Phi) is 5.58. The minimum Gasteiger partial charge on any atom is -0.390 e. The summed E-state index contributed by atoms with van der Waals surface area (Å²) < 4.78 is 10.5. The molecule has 90 valence electrons. The van der Waals surface area contributed by atoms with Gasteiger partial charge in [0, 0.05) is 20.3 Å². The zero-order chi connectivity index (χ0) is 11.1. The van der Waals surface area contributed by atoms with Gasteiger partial charge in [-0.05, 0) is 45.4 Å². The van der Waals surface area contributed by atoms with Crippen LogP contribution in [0, 0.1) is 0 Å². The Hall–Kier alpha value is -0.120. The molecule has 1 aliphatic rings. The van der Waals surface area contributed by atoms with Gasteiger partial charge in [0.25, 0.3) is 0 Å². The van der Waals surface area contributed by atoms with Gasteiger partial charge in [-0.2, -0.15) is 0 Å². The van der Waals surface area contributed by atoms with Crippen LogP contribution in [-0.4, -0.2) is 37.1 Å². The summed E-state index contributed by atoms with van der Waals surface area (Å²) >= 11 is 0. The monoisotopic (exact) mass is 216 g/mol. The maximum atomic E-state index is 10.00. The molecule has 0 spiro atoms. The van der Waals surface area contributed by atoms with Crippen LogP contribution in [0.2, 0.25) is 0 Å². The van der Waals surface area contributed by atoms with Crippen molar-refractivity contribution in [3.05, 3.63) is 0 Å². The van der Waals surface area contributed by atoms with Gasteiger partial charge < -0.3 is 14.6 Å². The normalized spacial score (nSPS) is 25.4. The average Bonchev–Trinajstić information content (AvgIpc) is 2.67. The van der Waals surface area contributed by atoms with Crippen molar-refractivity contribution in [3.8, 4) is 0 Å². The molecule has 0 aromatic heterocycles. The van der Waals surface area contributed by atoms with E-state index in [2.05, 4.69) is 0 Å². The van der Waals surface area contributed by atoms with Crippen molar-refractivity contribution in [3.63, 3.8) is 0 Å². The lowest BCUT2D eigenvalue weighted by Crippen LogP contribution is -2.26. The molecule has 1 fully saturated rings. The SMILES string of the molecule is COCCC(C)(O)CCCC1CCCO1. The molecule has 0 radical (unpaired) electrons. The highest BCUT2D eigenvalue weighted by molar-refractivity contribution is 4.74. The van der Waals surface area contributed by atoms with E-state index < -0.39 is 5.60 Å². The predicted molar refractivity (Wildman–Crippen MR) is 59.9 cm³/mol. The zero-order valence-electron chi connectivity index (χ0n) is 10.00. The molecule has 1 rings (SSSR count). The van der Waals surface area contributed by atoms with Crippen molar-refractivity contribution in [1.29, 1.82) is 0 Å². The molecular formula is C12H24O3. The molecule has 15 heavy (non-hydrogen) atoms. The van der Waals surface area contributed by atoms with Crippen LogP contribution < -0.4 is 0 Å². The first-order valence-electron chi connectivity index (χ1n) is 5.97. The van der Waals surface area contributed by atoms with Crippen LogP contribution in [0.1, 0.15) is 45.4 Å². The lowest BCUT2D eigenvalue weighted by molar-refractivity contribution is 0.0113. The van der Waals surface area contributed by atoms with Crippen LogP contribution in [0.3, 0.4) is 0 Å². The summed E-state index contributed by atoms with van der Waals surface area (Å²) in [5.74, 6) is 0. The minimum absolute atomic E-state index is 0.447. The third kappa shape index (κ3) is 5.50. The van der Waals surface area contributed by atoms with Crippen LogP contribution in [0.5, 0.6) is 0 Å². The van der Waals surface area contributed by atoms with Gasteiger partial charge in [-0.1, -0.05) is 0 Å². The van der Waals surface area contributed by atoms with Crippen molar-refractivity contribution in [2.75, 3.05) is 20.3 Å². The maximum Gasteiger partial charge on any atom is 0.0641 e. The largest absolute Gasteiger partial charge is 0.390 e. The smallest absolute Gasteiger partial charge is 0.0641 e. The van der Waals surface area contributed by atoms with Gasteiger partial charge in [-0.25, -0.2) is 0 Å². The number of rotatable bonds is 7. The van der Waals surface area contributed by atoms with Gasteiger partial charge >= 0.3 is 0 Å². The molecule has 0 aliphatic carbocycles. The molecule has 0 aromatic rings. The van der Waals surface area contributed by atoms with Crippen molar-refractivity contribution in [1.82, 2.24) is 0 Å². The van der Waals surface area contributed by atoms with Gasteiger partial charge in [0.1, 0.15) is 0 Å². The fourth-order valence-corrected chi connectivity index (χ4v) is 2.03. The van der Waals surface area contributed by atoms with Gasteiger partial charge in [0.2, 0.25) is 0 Å². The third-order valence-electron chi connectivity index (χ3n) is 3.11. The Morgan fingerprint density at radius 1 is 1.47 bits per heavy atom. The van der Waals surface area contributed by atoms with E-state index in [1.165, 1.54) is 12.8 Å². The van der Waals surface area contributed by atoms with Gasteiger partial charge in [0.15, 0.2) is 0 Å². The summed E-state index contributed by atoms with van der Waals surface area (Å²) in [6.07, 6.45) is 6.53. The third-order valence-corrected chi connectivity index (χ3v) is 3.11. The van der Waals surface area contributed by atoms with E-state index in [-0.39, 0.29) is 0 Å². The van der Waals surface area contributed by atoms with Crippen LogP contribution in [-0.2, 0) is 9.47 Å². The lowest BCUT2D eigenvalue weighted by Gasteiger charge is -2.23. The summed E-state index contributed by atoms with van der Waals surface area (Å²) in [5, 5.41) is 10.00. The Balaban J connectivity index is 2.06. The highest BCUT2D eigenvalue weighted by atomic mass is 16.5. The average molecular weight is 216 g/mol. The second kappa shape index (κ2) is 6.46. The molecule has 2 atom stereocenters. The Morgan fingerprint density at radius 3 is 2.87 bits per heavy atom. The van der Waals surface area contributed by atoms with Crippen molar-refractivity contribution in [2.45, 2.75) is 57.2 Å². The van der Waals surface area contributed by atoms with Gasteiger partial charge in [-0.3, -0.25) is 0 Å². The summed E-state index contributed by atoms with van der Waals surface area (Å²) in [4.78, 5) is 0. The number of methoxy groups -OCH3 is 1. The molecule has 0 bridgehead atoms. The Morgan fingerprint density at radius 2 is 2.27 bits per heavy atom. The van der Waals surface area contributed by atoms with E-state index in [0.717, 1.165) is 32.3 Å². The molecule has 3 heteroatoms. The quantitative estimate of drug-likeness (QED) is 0.708. The molecule has 1 heterocycles. The van der Waals surface area contributed by atoms with E-state index in [0.29, 0.717) is 12.7 Å². The van der Waals surface area contributed by atoms with Crippen LogP contribution in [0.25, 0.3) is 0 Å². The topological polar surface area (TPSA) is 38.7 Å². The van der Waals surface area contributed by atoms with E-state index in [1.807, 2.05) is 6.92 Å². The number of hydrogen-bond acceptors (Lipinski definition) is 3. The highest BCUT2D eigenvalue weighted by Gasteiger charge is 2.21. The van der Waals surface area contributed by atoms with Crippen LogP contribution >= 0.6 is 0 Å².